The summed E-state index contributed by atoms with van der Waals surface area (Å²) in [5, 5.41) is 9.03. The summed E-state index contributed by atoms with van der Waals surface area (Å²) in [4.78, 5) is 15.7. The third-order valence-electron chi connectivity index (χ3n) is 6.28. The monoisotopic (exact) mass is 413 g/mol. The molecule has 1 fully saturated rings. The number of rotatable bonds is 5. The summed E-state index contributed by atoms with van der Waals surface area (Å²) in [5.74, 6) is 0. The third-order valence-corrected chi connectivity index (χ3v) is 6.28. The number of aromatic nitrogens is 3. The summed E-state index contributed by atoms with van der Waals surface area (Å²) in [7, 11) is 0. The van der Waals surface area contributed by atoms with Crippen molar-refractivity contribution < 1.29 is 9.80 Å². The average Bonchev–Trinajstić information content (AvgIpc) is 2.84. The minimum atomic E-state index is -0.0562. The van der Waals surface area contributed by atoms with Gasteiger partial charge in [0.1, 0.15) is 37.7 Å². The molecule has 4 aromatic rings. The third kappa shape index (κ3) is 4.13. The molecule has 1 aromatic heterocycles. The number of benzene rings is 3. The number of hydrogen-bond donors (Lipinski definition) is 2. The van der Waals surface area contributed by atoms with Crippen LogP contribution in [0.1, 0.15) is 17.2 Å². The lowest BCUT2D eigenvalue weighted by Gasteiger charge is -2.35. The van der Waals surface area contributed by atoms with Gasteiger partial charge in [-0.05, 0) is 12.1 Å². The Kier molecular flexibility index (Phi) is 5.56. The van der Waals surface area contributed by atoms with Gasteiger partial charge in [-0.2, -0.15) is 4.68 Å². The van der Waals surface area contributed by atoms with Crippen LogP contribution in [0.25, 0.3) is 10.9 Å². The minimum Gasteiger partial charge on any atom is -0.316 e. The molecule has 1 aliphatic rings. The quantitative estimate of drug-likeness (QED) is 0.496. The number of piperazine rings is 1. The smallest absolute Gasteiger partial charge is 0.282 e. The largest absolute Gasteiger partial charge is 0.316 e. The van der Waals surface area contributed by atoms with Crippen LogP contribution in [-0.2, 0) is 6.67 Å². The Hall–Kier alpha value is -3.35. The molecule has 2 heterocycles. The molecule has 6 heteroatoms. The van der Waals surface area contributed by atoms with Crippen molar-refractivity contribution in [2.75, 3.05) is 26.2 Å². The van der Waals surface area contributed by atoms with Crippen LogP contribution in [0.2, 0.25) is 0 Å². The predicted octanol–water partition coefficient (Wildman–Crippen LogP) is 0.322. The second-order valence-electron chi connectivity index (χ2n) is 8.23. The van der Waals surface area contributed by atoms with Gasteiger partial charge in [0.2, 0.25) is 0 Å². The fourth-order valence-corrected chi connectivity index (χ4v) is 4.67. The fraction of sp³-hybridized carbons (Fsp3) is 0.240. The van der Waals surface area contributed by atoms with E-state index in [-0.39, 0.29) is 5.56 Å². The fourth-order valence-electron chi connectivity index (χ4n) is 4.67. The van der Waals surface area contributed by atoms with E-state index in [1.165, 1.54) is 20.7 Å². The van der Waals surface area contributed by atoms with Crippen molar-refractivity contribution in [3.8, 4) is 0 Å². The highest BCUT2D eigenvalue weighted by molar-refractivity contribution is 5.76. The van der Waals surface area contributed by atoms with Crippen LogP contribution >= 0.6 is 0 Å². The normalized spacial score (nSPS) is 19.0. The second kappa shape index (κ2) is 8.79. The summed E-state index contributed by atoms with van der Waals surface area (Å²) in [6.45, 7) is 4.63. The molecule has 1 saturated heterocycles. The van der Waals surface area contributed by atoms with Gasteiger partial charge < -0.3 is 9.80 Å². The lowest BCUT2D eigenvalue weighted by molar-refractivity contribution is -1.03. The van der Waals surface area contributed by atoms with Gasteiger partial charge in [0.05, 0.1) is 5.39 Å². The van der Waals surface area contributed by atoms with E-state index in [4.69, 9.17) is 0 Å². The first-order valence-electron chi connectivity index (χ1n) is 10.9. The molecule has 0 atom stereocenters. The van der Waals surface area contributed by atoms with E-state index in [1.54, 1.807) is 4.90 Å². The molecule has 0 bridgehead atoms. The molecule has 5 rings (SSSR count). The van der Waals surface area contributed by atoms with Crippen LogP contribution in [0, 0.1) is 0 Å². The zero-order valence-corrected chi connectivity index (χ0v) is 17.4. The molecular weight excluding hydrogens is 386 g/mol. The second-order valence-corrected chi connectivity index (χ2v) is 8.23. The van der Waals surface area contributed by atoms with Gasteiger partial charge in [-0.25, -0.2) is 0 Å². The highest BCUT2D eigenvalue weighted by atomic mass is 16.1. The standard InChI is InChI=1S/C25H25N5O/c31-25-22-13-7-8-14-23(22)26-27-30(25)19-28-15-17-29(18-16-28)24(20-9-3-1-4-10-20)21-11-5-2-6-12-21/h1-14,24H,15-19H2/p+2. The van der Waals surface area contributed by atoms with E-state index in [2.05, 4.69) is 71.0 Å². The van der Waals surface area contributed by atoms with E-state index in [0.717, 1.165) is 26.2 Å². The molecule has 0 spiro atoms. The number of nitrogens with one attached hydrogen (secondary N) is 2. The van der Waals surface area contributed by atoms with Crippen molar-refractivity contribution in [3.63, 3.8) is 0 Å². The molecule has 0 radical (unpaired) electrons. The van der Waals surface area contributed by atoms with E-state index in [0.29, 0.717) is 23.6 Å². The Morgan fingerprint density at radius 2 is 1.35 bits per heavy atom. The molecule has 2 N–H and O–H groups in total. The van der Waals surface area contributed by atoms with E-state index in [9.17, 15) is 4.79 Å². The molecule has 3 aromatic carbocycles. The van der Waals surface area contributed by atoms with Crippen molar-refractivity contribution >= 4 is 10.9 Å². The van der Waals surface area contributed by atoms with Crippen molar-refractivity contribution in [2.24, 2.45) is 0 Å². The number of quaternary nitrogens is 2. The Morgan fingerprint density at radius 3 is 2.00 bits per heavy atom. The van der Waals surface area contributed by atoms with Crippen LogP contribution in [0.4, 0.5) is 0 Å². The molecule has 156 valence electrons. The van der Waals surface area contributed by atoms with Crippen LogP contribution < -0.4 is 15.4 Å². The first-order chi connectivity index (χ1) is 15.3. The van der Waals surface area contributed by atoms with Crippen molar-refractivity contribution in [1.82, 2.24) is 15.0 Å². The van der Waals surface area contributed by atoms with Gasteiger partial charge in [0.15, 0.2) is 6.67 Å². The van der Waals surface area contributed by atoms with Crippen LogP contribution in [-0.4, -0.2) is 41.2 Å². The Labute approximate surface area is 181 Å². The maximum Gasteiger partial charge on any atom is 0.282 e. The summed E-state index contributed by atoms with van der Waals surface area (Å²) < 4.78 is 1.52. The Morgan fingerprint density at radius 1 is 0.774 bits per heavy atom. The lowest BCUT2D eigenvalue weighted by Crippen LogP contribution is -3.28. The zero-order chi connectivity index (χ0) is 21.0. The number of nitrogens with zero attached hydrogens (tertiary/aromatic N) is 3. The molecule has 31 heavy (non-hydrogen) atoms. The Balaban J connectivity index is 1.32. The molecule has 0 aliphatic carbocycles. The Bertz CT molecular complexity index is 1160. The molecule has 1 aliphatic heterocycles. The van der Waals surface area contributed by atoms with E-state index in [1.807, 2.05) is 24.3 Å². The van der Waals surface area contributed by atoms with E-state index < -0.39 is 0 Å². The highest BCUT2D eigenvalue weighted by Gasteiger charge is 2.32. The minimum absolute atomic E-state index is 0.0562. The zero-order valence-electron chi connectivity index (χ0n) is 17.4. The molecular formula is C25H27N5O+2. The van der Waals surface area contributed by atoms with Crippen molar-refractivity contribution in [1.29, 1.82) is 0 Å². The summed E-state index contributed by atoms with van der Waals surface area (Å²) in [6.07, 6.45) is 0. The molecule has 0 amide bonds. The number of fused-ring (bicyclic) bond motifs is 1. The molecule has 0 unspecified atom stereocenters. The van der Waals surface area contributed by atoms with Gasteiger partial charge in [-0.3, -0.25) is 4.79 Å². The number of hydrogen-bond acceptors (Lipinski definition) is 3. The predicted molar refractivity (Wildman–Crippen MR) is 120 cm³/mol. The molecule has 6 nitrogen and oxygen atoms in total. The van der Waals surface area contributed by atoms with Gasteiger partial charge in [0.25, 0.3) is 5.56 Å². The van der Waals surface area contributed by atoms with Crippen molar-refractivity contribution in [3.05, 3.63) is 106 Å². The van der Waals surface area contributed by atoms with Crippen LogP contribution in [0.3, 0.4) is 0 Å². The SMILES string of the molecule is O=c1c2ccccc2nnn1C[NH+]1CC[NH+](C(c2ccccc2)c2ccccc2)CC1. The first kappa shape index (κ1) is 19.6. The van der Waals surface area contributed by atoms with Gasteiger partial charge >= 0.3 is 0 Å². The summed E-state index contributed by atoms with van der Waals surface area (Å²) in [5.41, 5.74) is 3.30. The first-order valence-corrected chi connectivity index (χ1v) is 10.9. The van der Waals surface area contributed by atoms with E-state index >= 15 is 0 Å². The van der Waals surface area contributed by atoms with Gasteiger partial charge in [-0.1, -0.05) is 78.0 Å². The topological polar surface area (TPSA) is 56.7 Å². The van der Waals surface area contributed by atoms with Gasteiger partial charge in [-0.15, -0.1) is 5.10 Å². The average molecular weight is 414 g/mol. The lowest BCUT2D eigenvalue weighted by atomic mass is 9.96. The maximum absolute atomic E-state index is 12.8. The maximum atomic E-state index is 12.8. The molecule has 0 saturated carbocycles. The van der Waals surface area contributed by atoms with Gasteiger partial charge in [0, 0.05) is 11.1 Å². The summed E-state index contributed by atoms with van der Waals surface area (Å²) >= 11 is 0. The van der Waals surface area contributed by atoms with Crippen LogP contribution in [0.5, 0.6) is 0 Å². The highest BCUT2D eigenvalue weighted by Crippen LogP contribution is 2.18. The van der Waals surface area contributed by atoms with Crippen molar-refractivity contribution in [2.45, 2.75) is 12.7 Å². The van der Waals surface area contributed by atoms with Crippen LogP contribution in [0.15, 0.2) is 89.7 Å². The summed E-state index contributed by atoms with van der Waals surface area (Å²) in [6, 6.07) is 29.3.